The number of rotatable bonds is 4. The highest BCUT2D eigenvalue weighted by molar-refractivity contribution is 6.31. The fourth-order valence-corrected chi connectivity index (χ4v) is 3.79. The molecule has 11 heteroatoms. The van der Waals surface area contributed by atoms with Crippen molar-refractivity contribution < 1.29 is 17.6 Å². The minimum atomic E-state index is -4.59. The molecule has 0 spiro atoms. The Morgan fingerprint density at radius 3 is 2.34 bits per heavy atom. The van der Waals surface area contributed by atoms with E-state index in [2.05, 4.69) is 15.3 Å². The number of benzene rings is 2. The number of nitrogens with two attached hydrogens (primary N) is 1. The fraction of sp³-hybridized carbons (Fsp3) is 0.238. The Morgan fingerprint density at radius 2 is 1.66 bits per heavy atom. The van der Waals surface area contributed by atoms with Crippen molar-refractivity contribution in [2.24, 2.45) is 0 Å². The van der Waals surface area contributed by atoms with E-state index in [1.54, 1.807) is 18.2 Å². The van der Waals surface area contributed by atoms with Gasteiger partial charge >= 0.3 is 6.18 Å². The molecule has 1 saturated heterocycles. The van der Waals surface area contributed by atoms with E-state index in [1.165, 1.54) is 18.5 Å². The molecule has 1 aromatic heterocycles. The first kappa shape index (κ1) is 21.9. The van der Waals surface area contributed by atoms with Gasteiger partial charge in [0.15, 0.2) is 11.6 Å². The first-order valence-corrected chi connectivity index (χ1v) is 10.1. The van der Waals surface area contributed by atoms with Crippen LogP contribution in [0.3, 0.4) is 0 Å². The Kier molecular flexibility index (Phi) is 5.96. The van der Waals surface area contributed by atoms with Crippen LogP contribution in [0.5, 0.6) is 0 Å². The van der Waals surface area contributed by atoms with Crippen LogP contribution in [0.4, 0.5) is 46.3 Å². The third-order valence-corrected chi connectivity index (χ3v) is 5.50. The SMILES string of the molecule is Nc1c(Nc2ccc(Cl)c(C(F)(F)F)c2)ncnc1N1CCN(c2ccccc2F)CC1. The molecule has 0 atom stereocenters. The molecular weight excluding hydrogens is 448 g/mol. The van der Waals surface area contributed by atoms with Crippen LogP contribution in [0.1, 0.15) is 5.56 Å². The van der Waals surface area contributed by atoms with Crippen LogP contribution in [0.25, 0.3) is 0 Å². The molecule has 0 unspecified atom stereocenters. The predicted molar refractivity (Wildman–Crippen MR) is 117 cm³/mol. The minimum Gasteiger partial charge on any atom is -0.393 e. The van der Waals surface area contributed by atoms with E-state index in [0.717, 1.165) is 12.1 Å². The molecule has 2 aromatic carbocycles. The lowest BCUT2D eigenvalue weighted by Gasteiger charge is -2.37. The summed E-state index contributed by atoms with van der Waals surface area (Å²) >= 11 is 5.68. The smallest absolute Gasteiger partial charge is 0.393 e. The average molecular weight is 467 g/mol. The van der Waals surface area contributed by atoms with Crippen molar-refractivity contribution in [3.05, 3.63) is 65.2 Å². The lowest BCUT2D eigenvalue weighted by atomic mass is 10.2. The van der Waals surface area contributed by atoms with E-state index < -0.39 is 16.8 Å². The van der Waals surface area contributed by atoms with Crippen molar-refractivity contribution in [1.82, 2.24) is 9.97 Å². The normalized spacial score (nSPS) is 14.5. The number of aromatic nitrogens is 2. The van der Waals surface area contributed by atoms with Crippen LogP contribution in [0.2, 0.25) is 5.02 Å². The van der Waals surface area contributed by atoms with Crippen molar-refractivity contribution >= 4 is 40.3 Å². The number of nitrogens with one attached hydrogen (secondary N) is 1. The maximum Gasteiger partial charge on any atom is 0.417 e. The van der Waals surface area contributed by atoms with Crippen LogP contribution in [0.15, 0.2) is 48.8 Å². The lowest BCUT2D eigenvalue weighted by Crippen LogP contribution is -2.47. The Hall–Kier alpha value is -3.27. The number of nitrogen functional groups attached to an aromatic ring is 1. The number of hydrogen-bond donors (Lipinski definition) is 2. The van der Waals surface area contributed by atoms with Crippen molar-refractivity contribution in [3.63, 3.8) is 0 Å². The largest absolute Gasteiger partial charge is 0.417 e. The molecule has 1 aliphatic rings. The molecule has 3 aromatic rings. The molecule has 4 rings (SSSR count). The maximum atomic E-state index is 14.1. The Labute approximate surface area is 186 Å². The monoisotopic (exact) mass is 466 g/mol. The van der Waals surface area contributed by atoms with Crippen LogP contribution >= 0.6 is 11.6 Å². The van der Waals surface area contributed by atoms with Gasteiger partial charge in [-0.1, -0.05) is 23.7 Å². The standard InChI is InChI=1S/C21H19ClF4N6/c22-15-6-5-13(11-14(15)21(24,25)26)30-19-18(27)20(29-12-28-19)32-9-7-31(8-10-32)17-4-2-1-3-16(17)23/h1-6,11-12H,7-10,27H2,(H,28,29,30). The first-order chi connectivity index (χ1) is 15.2. The highest BCUT2D eigenvalue weighted by atomic mass is 35.5. The van der Waals surface area contributed by atoms with E-state index >= 15 is 0 Å². The summed E-state index contributed by atoms with van der Waals surface area (Å²) in [5.41, 5.74) is 6.16. The topological polar surface area (TPSA) is 70.3 Å². The van der Waals surface area contributed by atoms with Crippen molar-refractivity contribution in [2.75, 3.05) is 47.0 Å². The van der Waals surface area contributed by atoms with Crippen LogP contribution < -0.4 is 20.9 Å². The van der Waals surface area contributed by atoms with Gasteiger partial charge in [0.25, 0.3) is 0 Å². The molecule has 0 saturated carbocycles. The van der Waals surface area contributed by atoms with E-state index in [0.29, 0.717) is 37.7 Å². The molecule has 168 valence electrons. The Bertz CT molecular complexity index is 1120. The number of piperazine rings is 1. The van der Waals surface area contributed by atoms with Gasteiger partial charge in [0, 0.05) is 31.9 Å². The minimum absolute atomic E-state index is 0.141. The maximum absolute atomic E-state index is 14.1. The Morgan fingerprint density at radius 1 is 0.969 bits per heavy atom. The molecule has 0 amide bonds. The number of hydrogen-bond acceptors (Lipinski definition) is 6. The molecule has 2 heterocycles. The molecule has 6 nitrogen and oxygen atoms in total. The third-order valence-electron chi connectivity index (χ3n) is 5.17. The number of halogens is 5. The van der Waals surface area contributed by atoms with Gasteiger partial charge in [-0.2, -0.15) is 13.2 Å². The van der Waals surface area contributed by atoms with E-state index in [9.17, 15) is 17.6 Å². The summed E-state index contributed by atoms with van der Waals surface area (Å²) in [6, 6.07) is 10.0. The van der Waals surface area contributed by atoms with E-state index in [-0.39, 0.29) is 23.0 Å². The Balaban J connectivity index is 1.51. The van der Waals surface area contributed by atoms with Crippen molar-refractivity contribution in [2.45, 2.75) is 6.18 Å². The molecule has 1 aliphatic heterocycles. The average Bonchev–Trinajstić information content (AvgIpc) is 2.76. The first-order valence-electron chi connectivity index (χ1n) is 9.72. The molecule has 0 bridgehead atoms. The van der Waals surface area contributed by atoms with Crippen LogP contribution in [-0.2, 0) is 6.18 Å². The number of alkyl halides is 3. The third kappa shape index (κ3) is 4.50. The highest BCUT2D eigenvalue weighted by Crippen LogP contribution is 2.37. The zero-order valence-corrected chi connectivity index (χ0v) is 17.5. The summed E-state index contributed by atoms with van der Waals surface area (Å²) in [5.74, 6) is 0.359. The predicted octanol–water partition coefficient (Wildman–Crippen LogP) is 4.94. The summed E-state index contributed by atoms with van der Waals surface area (Å²) in [7, 11) is 0. The number of nitrogens with zero attached hydrogens (tertiary/aromatic N) is 4. The molecule has 1 fully saturated rings. The molecule has 0 radical (unpaired) electrons. The van der Waals surface area contributed by atoms with Gasteiger partial charge in [-0.15, -0.1) is 0 Å². The number of para-hydroxylation sites is 1. The molecule has 32 heavy (non-hydrogen) atoms. The van der Waals surface area contributed by atoms with Crippen molar-refractivity contribution in [1.29, 1.82) is 0 Å². The summed E-state index contributed by atoms with van der Waals surface area (Å²) < 4.78 is 53.5. The zero-order valence-electron chi connectivity index (χ0n) is 16.7. The van der Waals surface area contributed by atoms with Gasteiger partial charge in [0.1, 0.15) is 17.8 Å². The van der Waals surface area contributed by atoms with Gasteiger partial charge in [-0.3, -0.25) is 0 Å². The van der Waals surface area contributed by atoms with Crippen LogP contribution in [-0.4, -0.2) is 36.1 Å². The van der Waals surface area contributed by atoms with E-state index in [4.69, 9.17) is 17.3 Å². The zero-order chi connectivity index (χ0) is 22.9. The van der Waals surface area contributed by atoms with Crippen molar-refractivity contribution in [3.8, 4) is 0 Å². The number of anilines is 5. The summed E-state index contributed by atoms with van der Waals surface area (Å²) in [4.78, 5) is 12.2. The van der Waals surface area contributed by atoms with Gasteiger partial charge in [0.2, 0.25) is 0 Å². The highest BCUT2D eigenvalue weighted by Gasteiger charge is 2.33. The van der Waals surface area contributed by atoms with E-state index in [1.807, 2.05) is 9.80 Å². The molecule has 3 N–H and O–H groups in total. The van der Waals surface area contributed by atoms with Gasteiger partial charge < -0.3 is 20.9 Å². The second kappa shape index (κ2) is 8.70. The van der Waals surface area contributed by atoms with Gasteiger partial charge in [-0.05, 0) is 30.3 Å². The van der Waals surface area contributed by atoms with Gasteiger partial charge in [0.05, 0.1) is 16.3 Å². The lowest BCUT2D eigenvalue weighted by molar-refractivity contribution is -0.137. The molecule has 0 aliphatic carbocycles. The summed E-state index contributed by atoms with van der Waals surface area (Å²) in [6.07, 6.45) is -3.30. The quantitative estimate of drug-likeness (QED) is 0.531. The second-order valence-corrected chi connectivity index (χ2v) is 7.61. The fourth-order valence-electron chi connectivity index (χ4n) is 3.56. The summed E-state index contributed by atoms with van der Waals surface area (Å²) in [6.45, 7) is 2.18. The summed E-state index contributed by atoms with van der Waals surface area (Å²) in [5, 5.41) is 2.42. The van der Waals surface area contributed by atoms with Crippen LogP contribution in [0, 0.1) is 5.82 Å². The second-order valence-electron chi connectivity index (χ2n) is 7.20. The molecular formula is C21H19ClF4N6. The van der Waals surface area contributed by atoms with Gasteiger partial charge in [-0.25, -0.2) is 14.4 Å².